The second-order valence-corrected chi connectivity index (χ2v) is 10.3. The fourth-order valence-electron chi connectivity index (χ4n) is 5.51. The van der Waals surface area contributed by atoms with Crippen LogP contribution in [0.25, 0.3) is 15.9 Å². The summed E-state index contributed by atoms with van der Waals surface area (Å²) in [6, 6.07) is 5.20. The molecule has 5 rings (SSSR count). The Morgan fingerprint density at radius 3 is 2.69 bits per heavy atom. The van der Waals surface area contributed by atoms with Crippen LogP contribution in [-0.2, 0) is 24.2 Å². The summed E-state index contributed by atoms with van der Waals surface area (Å²) in [4.78, 5) is 44.9. The molecule has 186 valence electrons. The largest absolute Gasteiger partial charge is 0.497 e. The summed E-state index contributed by atoms with van der Waals surface area (Å²) in [6.07, 6.45) is 6.67. The van der Waals surface area contributed by atoms with E-state index < -0.39 is 5.69 Å². The first kappa shape index (κ1) is 23.7. The molecule has 0 bridgehead atoms. The predicted molar refractivity (Wildman–Crippen MR) is 136 cm³/mol. The number of piperidine rings is 1. The number of rotatable bonds is 6. The third-order valence-corrected chi connectivity index (χ3v) is 8.64. The van der Waals surface area contributed by atoms with Crippen LogP contribution in [-0.4, -0.2) is 46.7 Å². The lowest BCUT2D eigenvalue weighted by molar-refractivity contribution is -0.135. The first-order valence-electron chi connectivity index (χ1n) is 12.3. The Morgan fingerprint density at radius 2 is 1.94 bits per heavy atom. The van der Waals surface area contributed by atoms with Gasteiger partial charge < -0.3 is 14.4 Å². The highest BCUT2D eigenvalue weighted by Crippen LogP contribution is 2.36. The van der Waals surface area contributed by atoms with Crippen molar-refractivity contribution in [1.29, 1.82) is 0 Å². The molecular formula is C26H31N3O5S. The molecule has 3 aromatic rings. The molecular weight excluding hydrogens is 466 g/mol. The van der Waals surface area contributed by atoms with Gasteiger partial charge in [-0.1, -0.05) is 6.92 Å². The number of benzene rings is 1. The van der Waals surface area contributed by atoms with E-state index in [4.69, 9.17) is 9.47 Å². The van der Waals surface area contributed by atoms with Gasteiger partial charge in [-0.05, 0) is 62.6 Å². The maximum absolute atomic E-state index is 13.9. The minimum atomic E-state index is -0.524. The number of carbonyl (C=O) groups excluding carboxylic acids is 1. The van der Waals surface area contributed by atoms with Crippen LogP contribution in [0.3, 0.4) is 0 Å². The number of methoxy groups -OCH3 is 2. The summed E-state index contributed by atoms with van der Waals surface area (Å²) >= 11 is 1.48. The summed E-state index contributed by atoms with van der Waals surface area (Å²) in [6.45, 7) is 2.73. The third kappa shape index (κ3) is 3.95. The van der Waals surface area contributed by atoms with Crippen molar-refractivity contribution in [2.24, 2.45) is 0 Å². The van der Waals surface area contributed by atoms with Gasteiger partial charge in [-0.2, -0.15) is 0 Å². The topological polar surface area (TPSA) is 82.8 Å². The molecule has 0 radical (unpaired) electrons. The molecule has 1 aliphatic heterocycles. The van der Waals surface area contributed by atoms with Crippen LogP contribution in [0, 0.1) is 0 Å². The van der Waals surface area contributed by atoms with Gasteiger partial charge in [0.05, 0.1) is 25.3 Å². The van der Waals surface area contributed by atoms with Gasteiger partial charge in [-0.15, -0.1) is 11.3 Å². The fourth-order valence-corrected chi connectivity index (χ4v) is 6.88. The number of hydrogen-bond donors (Lipinski definition) is 0. The minimum Gasteiger partial charge on any atom is -0.497 e. The number of aromatic nitrogens is 2. The van der Waals surface area contributed by atoms with Crippen LogP contribution in [0.2, 0.25) is 0 Å². The summed E-state index contributed by atoms with van der Waals surface area (Å²) < 4.78 is 13.5. The fraction of sp³-hybridized carbons (Fsp3) is 0.500. The van der Waals surface area contributed by atoms with Crippen LogP contribution in [0.5, 0.6) is 11.5 Å². The summed E-state index contributed by atoms with van der Waals surface area (Å²) in [5, 5.41) is 0.554. The quantitative estimate of drug-likeness (QED) is 0.521. The predicted octanol–water partition coefficient (Wildman–Crippen LogP) is 3.51. The van der Waals surface area contributed by atoms with Crippen LogP contribution in [0.4, 0.5) is 0 Å². The first-order valence-corrected chi connectivity index (χ1v) is 13.1. The Labute approximate surface area is 207 Å². The summed E-state index contributed by atoms with van der Waals surface area (Å²) in [5.41, 5.74) is 0.473. The molecule has 1 aliphatic carbocycles. The van der Waals surface area contributed by atoms with E-state index in [2.05, 4.69) is 6.92 Å². The normalized spacial score (nSPS) is 17.6. The van der Waals surface area contributed by atoms with E-state index in [1.807, 2.05) is 4.90 Å². The molecule has 2 aromatic heterocycles. The zero-order valence-corrected chi connectivity index (χ0v) is 21.3. The Kier molecular flexibility index (Phi) is 6.44. The van der Waals surface area contributed by atoms with Gasteiger partial charge in [0.1, 0.15) is 22.9 Å². The Hall–Kier alpha value is -3.07. The van der Waals surface area contributed by atoms with E-state index in [1.54, 1.807) is 25.3 Å². The van der Waals surface area contributed by atoms with Crippen LogP contribution in [0.15, 0.2) is 27.8 Å². The molecule has 9 heteroatoms. The lowest BCUT2D eigenvalue weighted by Crippen LogP contribution is -2.47. The minimum absolute atomic E-state index is 0.0691. The number of hydrogen-bond acceptors (Lipinski definition) is 6. The number of aryl methyl sites for hydroxylation is 2. The van der Waals surface area contributed by atoms with Crippen molar-refractivity contribution in [1.82, 2.24) is 14.0 Å². The monoisotopic (exact) mass is 497 g/mol. The molecule has 2 aliphatic rings. The molecule has 1 saturated heterocycles. The van der Waals surface area contributed by atoms with Crippen molar-refractivity contribution in [2.75, 3.05) is 20.8 Å². The number of likely N-dealkylation sites (tertiary alicyclic amines) is 1. The smallest absolute Gasteiger partial charge is 0.337 e. The lowest BCUT2D eigenvalue weighted by Gasteiger charge is -2.35. The van der Waals surface area contributed by atoms with Crippen LogP contribution < -0.4 is 20.7 Å². The van der Waals surface area contributed by atoms with Gasteiger partial charge >= 0.3 is 5.69 Å². The number of thiophene rings is 1. The molecule has 0 saturated carbocycles. The second kappa shape index (κ2) is 9.53. The SMILES string of the molecule is CC[C@H]1CCCCN1C(=O)Cn1c(=O)n(-c2ccc(OC)cc2OC)c(=O)c2c3c(sc21)CCC3. The maximum atomic E-state index is 13.9. The molecule has 1 aromatic carbocycles. The molecule has 0 spiro atoms. The van der Waals surface area contributed by atoms with Gasteiger partial charge in [0.2, 0.25) is 5.91 Å². The van der Waals surface area contributed by atoms with Gasteiger partial charge in [-0.3, -0.25) is 14.2 Å². The van der Waals surface area contributed by atoms with Crippen LogP contribution in [0.1, 0.15) is 49.5 Å². The van der Waals surface area contributed by atoms with E-state index in [0.29, 0.717) is 33.9 Å². The van der Waals surface area contributed by atoms with Gasteiger partial charge in [-0.25, -0.2) is 9.36 Å². The lowest BCUT2D eigenvalue weighted by atomic mass is 10.00. The molecule has 1 fully saturated rings. The molecule has 1 atom stereocenters. The zero-order chi connectivity index (χ0) is 24.7. The third-order valence-electron chi connectivity index (χ3n) is 7.33. The average molecular weight is 498 g/mol. The van der Waals surface area contributed by atoms with Crippen molar-refractivity contribution >= 4 is 27.5 Å². The van der Waals surface area contributed by atoms with E-state index in [1.165, 1.54) is 23.0 Å². The number of carbonyl (C=O) groups is 1. The number of ether oxygens (including phenoxy) is 2. The highest BCUT2D eigenvalue weighted by atomic mass is 32.1. The van der Waals surface area contributed by atoms with Crippen molar-refractivity contribution in [3.63, 3.8) is 0 Å². The van der Waals surface area contributed by atoms with E-state index in [0.717, 1.165) is 60.0 Å². The summed E-state index contributed by atoms with van der Waals surface area (Å²) in [5.74, 6) is 0.845. The zero-order valence-electron chi connectivity index (χ0n) is 20.5. The second-order valence-electron chi connectivity index (χ2n) is 9.23. The van der Waals surface area contributed by atoms with Gasteiger partial charge in [0, 0.05) is 23.5 Å². The van der Waals surface area contributed by atoms with Crippen molar-refractivity contribution in [3.05, 3.63) is 49.5 Å². The van der Waals surface area contributed by atoms with Crippen molar-refractivity contribution in [2.45, 2.75) is 64.5 Å². The van der Waals surface area contributed by atoms with E-state index in [-0.39, 0.29) is 24.1 Å². The highest BCUT2D eigenvalue weighted by Gasteiger charge is 2.30. The standard InChI is InChI=1S/C26H31N3O5S/c1-4-16-8-5-6-13-27(16)22(30)15-28-25-23(18-9-7-10-21(18)35-25)24(31)29(26(28)32)19-12-11-17(33-2)14-20(19)34-3/h11-12,14,16H,4-10,13,15H2,1-3H3/t16-/m0/s1. The Bertz CT molecular complexity index is 1400. The van der Waals surface area contributed by atoms with Gasteiger partial charge in [0.15, 0.2) is 0 Å². The number of amides is 1. The average Bonchev–Trinajstić information content (AvgIpc) is 3.48. The Balaban J connectivity index is 1.71. The van der Waals surface area contributed by atoms with E-state index in [9.17, 15) is 14.4 Å². The molecule has 35 heavy (non-hydrogen) atoms. The summed E-state index contributed by atoms with van der Waals surface area (Å²) in [7, 11) is 3.04. The number of nitrogens with zero attached hydrogens (tertiary/aromatic N) is 3. The molecule has 0 unspecified atom stereocenters. The molecule has 1 amide bonds. The Morgan fingerprint density at radius 1 is 1.11 bits per heavy atom. The molecule has 3 heterocycles. The number of fused-ring (bicyclic) bond motifs is 3. The van der Waals surface area contributed by atoms with Gasteiger partial charge in [0.25, 0.3) is 5.56 Å². The van der Waals surface area contributed by atoms with Crippen molar-refractivity contribution in [3.8, 4) is 17.2 Å². The maximum Gasteiger partial charge on any atom is 0.337 e. The van der Waals surface area contributed by atoms with Crippen molar-refractivity contribution < 1.29 is 14.3 Å². The first-order chi connectivity index (χ1) is 17.0. The molecule has 8 nitrogen and oxygen atoms in total. The highest BCUT2D eigenvalue weighted by molar-refractivity contribution is 7.19. The van der Waals surface area contributed by atoms with E-state index >= 15 is 0 Å². The van der Waals surface area contributed by atoms with Crippen LogP contribution >= 0.6 is 11.3 Å². The molecule has 0 N–H and O–H groups in total.